The Balaban J connectivity index is 1.97. The molecule has 0 bridgehead atoms. The van der Waals surface area contributed by atoms with Gasteiger partial charge in [0, 0.05) is 18.4 Å². The van der Waals surface area contributed by atoms with Crippen molar-refractivity contribution in [3.63, 3.8) is 0 Å². The van der Waals surface area contributed by atoms with E-state index in [-0.39, 0.29) is 11.9 Å². The Morgan fingerprint density at radius 1 is 1.00 bits per heavy atom. The van der Waals surface area contributed by atoms with Gasteiger partial charge in [-0.15, -0.1) is 0 Å². The van der Waals surface area contributed by atoms with Crippen molar-refractivity contribution >= 4 is 11.0 Å². The van der Waals surface area contributed by atoms with Gasteiger partial charge in [0.2, 0.25) is 0 Å². The van der Waals surface area contributed by atoms with Crippen LogP contribution in [-0.4, -0.2) is 9.97 Å². The van der Waals surface area contributed by atoms with E-state index in [2.05, 4.69) is 9.97 Å². The van der Waals surface area contributed by atoms with Gasteiger partial charge in [-0.1, -0.05) is 30.3 Å². The minimum absolute atomic E-state index is 0.228. The Kier molecular flexibility index (Phi) is 3.39. The summed E-state index contributed by atoms with van der Waals surface area (Å²) in [4.78, 5) is 8.59. The van der Waals surface area contributed by atoms with E-state index in [4.69, 9.17) is 5.73 Å². The molecule has 3 aromatic rings. The lowest BCUT2D eigenvalue weighted by Crippen LogP contribution is -2.15. The normalized spacial score (nSPS) is 12.5. The van der Waals surface area contributed by atoms with Crippen molar-refractivity contribution in [1.82, 2.24) is 9.97 Å². The molecule has 0 amide bonds. The standard InChI is InChI=1S/C16H14FN3/c17-13-6-2-1-4-11(13)10-14(18)12-5-3-7-15-16(12)20-9-8-19-15/h1-9,14H,10,18H2. The molecule has 0 aliphatic carbocycles. The number of nitrogens with two attached hydrogens (primary N) is 1. The van der Waals surface area contributed by atoms with Crippen LogP contribution in [0, 0.1) is 5.82 Å². The monoisotopic (exact) mass is 267 g/mol. The molecule has 0 fully saturated rings. The van der Waals surface area contributed by atoms with Crippen molar-refractivity contribution in [2.45, 2.75) is 12.5 Å². The van der Waals surface area contributed by atoms with E-state index in [1.54, 1.807) is 24.5 Å². The second-order valence-corrected chi connectivity index (χ2v) is 4.67. The number of aromatic nitrogens is 2. The molecule has 0 aliphatic rings. The molecule has 4 heteroatoms. The van der Waals surface area contributed by atoms with E-state index in [1.807, 2.05) is 24.3 Å². The molecular weight excluding hydrogens is 253 g/mol. The Morgan fingerprint density at radius 3 is 2.65 bits per heavy atom. The van der Waals surface area contributed by atoms with E-state index in [1.165, 1.54) is 6.07 Å². The van der Waals surface area contributed by atoms with Crippen LogP contribution in [0.1, 0.15) is 17.2 Å². The molecule has 100 valence electrons. The summed E-state index contributed by atoms with van der Waals surface area (Å²) in [6.07, 6.45) is 3.72. The van der Waals surface area contributed by atoms with Crippen molar-refractivity contribution in [1.29, 1.82) is 0 Å². The van der Waals surface area contributed by atoms with Crippen LogP contribution in [0.2, 0.25) is 0 Å². The van der Waals surface area contributed by atoms with Gasteiger partial charge in [-0.25, -0.2) is 4.39 Å². The number of nitrogens with zero attached hydrogens (tertiary/aromatic N) is 2. The Hall–Kier alpha value is -2.33. The van der Waals surface area contributed by atoms with Gasteiger partial charge in [-0.2, -0.15) is 0 Å². The van der Waals surface area contributed by atoms with Gasteiger partial charge in [0.1, 0.15) is 5.82 Å². The highest BCUT2D eigenvalue weighted by Gasteiger charge is 2.13. The van der Waals surface area contributed by atoms with Crippen molar-refractivity contribution in [3.8, 4) is 0 Å². The fraction of sp³-hybridized carbons (Fsp3) is 0.125. The lowest BCUT2D eigenvalue weighted by molar-refractivity contribution is 0.594. The minimum Gasteiger partial charge on any atom is -0.324 e. The molecule has 20 heavy (non-hydrogen) atoms. The van der Waals surface area contributed by atoms with Gasteiger partial charge >= 0.3 is 0 Å². The quantitative estimate of drug-likeness (QED) is 0.793. The first-order valence-electron chi connectivity index (χ1n) is 6.44. The Labute approximate surface area is 116 Å². The average Bonchev–Trinajstić information content (AvgIpc) is 2.49. The van der Waals surface area contributed by atoms with E-state index < -0.39 is 0 Å². The van der Waals surface area contributed by atoms with Crippen molar-refractivity contribution in [2.75, 3.05) is 0 Å². The molecule has 2 N–H and O–H groups in total. The lowest BCUT2D eigenvalue weighted by Gasteiger charge is -2.14. The summed E-state index contributed by atoms with van der Waals surface area (Å²) in [6, 6.07) is 12.1. The molecule has 2 aromatic carbocycles. The third-order valence-corrected chi connectivity index (χ3v) is 3.33. The number of para-hydroxylation sites is 1. The maximum atomic E-state index is 13.7. The first kappa shape index (κ1) is 12.7. The maximum Gasteiger partial charge on any atom is 0.126 e. The van der Waals surface area contributed by atoms with Gasteiger partial charge in [0.25, 0.3) is 0 Å². The molecular formula is C16H14FN3. The van der Waals surface area contributed by atoms with Crippen LogP contribution in [0.25, 0.3) is 11.0 Å². The van der Waals surface area contributed by atoms with Crippen LogP contribution >= 0.6 is 0 Å². The average molecular weight is 267 g/mol. The summed E-state index contributed by atoms with van der Waals surface area (Å²) in [5, 5.41) is 0. The molecule has 0 spiro atoms. The number of rotatable bonds is 3. The van der Waals surface area contributed by atoms with E-state index in [0.717, 1.165) is 16.6 Å². The topological polar surface area (TPSA) is 51.8 Å². The molecule has 1 unspecified atom stereocenters. The van der Waals surface area contributed by atoms with Gasteiger partial charge in [0.15, 0.2) is 0 Å². The lowest BCUT2D eigenvalue weighted by atomic mass is 9.98. The Morgan fingerprint density at radius 2 is 1.80 bits per heavy atom. The number of hydrogen-bond donors (Lipinski definition) is 1. The molecule has 0 saturated carbocycles. The van der Waals surface area contributed by atoms with Crippen molar-refractivity contribution in [2.24, 2.45) is 5.73 Å². The van der Waals surface area contributed by atoms with Crippen LogP contribution in [0.4, 0.5) is 4.39 Å². The molecule has 0 aliphatic heterocycles. The van der Waals surface area contributed by atoms with Crippen LogP contribution in [0.15, 0.2) is 54.9 Å². The van der Waals surface area contributed by atoms with Gasteiger partial charge in [0.05, 0.1) is 11.0 Å². The van der Waals surface area contributed by atoms with Crippen LogP contribution in [-0.2, 0) is 6.42 Å². The predicted octanol–water partition coefficient (Wildman–Crippen LogP) is 3.01. The molecule has 0 radical (unpaired) electrons. The fourth-order valence-electron chi connectivity index (χ4n) is 2.33. The second-order valence-electron chi connectivity index (χ2n) is 4.67. The zero-order chi connectivity index (χ0) is 13.9. The third-order valence-electron chi connectivity index (χ3n) is 3.33. The number of benzene rings is 2. The number of halogens is 1. The van der Waals surface area contributed by atoms with E-state index in [0.29, 0.717) is 12.0 Å². The molecule has 3 nitrogen and oxygen atoms in total. The summed E-state index contributed by atoms with van der Waals surface area (Å²) in [7, 11) is 0. The molecule has 1 heterocycles. The predicted molar refractivity (Wildman–Crippen MR) is 76.6 cm³/mol. The molecule has 0 saturated heterocycles. The largest absolute Gasteiger partial charge is 0.324 e. The Bertz CT molecular complexity index is 737. The molecule has 3 rings (SSSR count). The maximum absolute atomic E-state index is 13.7. The summed E-state index contributed by atoms with van der Waals surface area (Å²) < 4.78 is 13.7. The first-order valence-corrected chi connectivity index (χ1v) is 6.44. The zero-order valence-corrected chi connectivity index (χ0v) is 10.8. The third kappa shape index (κ3) is 2.38. The smallest absolute Gasteiger partial charge is 0.126 e. The van der Waals surface area contributed by atoms with Gasteiger partial charge in [-0.3, -0.25) is 9.97 Å². The van der Waals surface area contributed by atoms with Crippen molar-refractivity contribution in [3.05, 3.63) is 71.8 Å². The van der Waals surface area contributed by atoms with Gasteiger partial charge < -0.3 is 5.73 Å². The van der Waals surface area contributed by atoms with E-state index in [9.17, 15) is 4.39 Å². The zero-order valence-electron chi connectivity index (χ0n) is 10.8. The SMILES string of the molecule is NC(Cc1ccccc1F)c1cccc2nccnc12. The van der Waals surface area contributed by atoms with Crippen LogP contribution < -0.4 is 5.73 Å². The molecule has 1 aromatic heterocycles. The second kappa shape index (κ2) is 5.35. The summed E-state index contributed by atoms with van der Waals surface area (Å²) in [5.41, 5.74) is 9.30. The van der Waals surface area contributed by atoms with E-state index >= 15 is 0 Å². The highest BCUT2D eigenvalue weighted by atomic mass is 19.1. The summed E-state index contributed by atoms with van der Waals surface area (Å²) in [5.74, 6) is -0.228. The summed E-state index contributed by atoms with van der Waals surface area (Å²) in [6.45, 7) is 0. The molecule has 1 atom stereocenters. The minimum atomic E-state index is -0.313. The number of fused-ring (bicyclic) bond motifs is 1. The van der Waals surface area contributed by atoms with Crippen LogP contribution in [0.3, 0.4) is 0 Å². The number of hydrogen-bond acceptors (Lipinski definition) is 3. The van der Waals surface area contributed by atoms with Crippen LogP contribution in [0.5, 0.6) is 0 Å². The fourth-order valence-corrected chi connectivity index (χ4v) is 2.33. The highest BCUT2D eigenvalue weighted by Crippen LogP contribution is 2.23. The summed E-state index contributed by atoms with van der Waals surface area (Å²) >= 11 is 0. The highest BCUT2D eigenvalue weighted by molar-refractivity contribution is 5.78. The van der Waals surface area contributed by atoms with Crippen molar-refractivity contribution < 1.29 is 4.39 Å². The van der Waals surface area contributed by atoms with Gasteiger partial charge in [-0.05, 0) is 29.7 Å². The first-order chi connectivity index (χ1) is 9.75.